The first kappa shape index (κ1) is 21.9. The number of carbonyl (C=O) groups is 1. The average molecular weight is 420 g/mol. The molecule has 0 saturated heterocycles. The van der Waals surface area contributed by atoms with Gasteiger partial charge in [-0.05, 0) is 63.4 Å². The summed E-state index contributed by atoms with van der Waals surface area (Å²) in [4.78, 5) is 12.1. The van der Waals surface area contributed by atoms with E-state index in [9.17, 15) is 4.79 Å². The first-order valence-corrected chi connectivity index (χ1v) is 11.2. The Balaban J connectivity index is 1.60. The number of aromatic nitrogens is 1. The summed E-state index contributed by atoms with van der Waals surface area (Å²) in [5, 5.41) is 4.18. The second-order valence-electron chi connectivity index (χ2n) is 7.66. The number of rotatable bonds is 7. The Morgan fingerprint density at radius 1 is 1.03 bits per heavy atom. The van der Waals surface area contributed by atoms with Crippen LogP contribution in [0.5, 0.6) is 0 Å². The Morgan fingerprint density at radius 2 is 1.80 bits per heavy atom. The molecule has 0 atom stereocenters. The van der Waals surface area contributed by atoms with E-state index in [-0.39, 0.29) is 5.91 Å². The third-order valence-corrected chi connectivity index (χ3v) is 6.19. The van der Waals surface area contributed by atoms with Crippen LogP contribution in [0, 0.1) is 34.6 Å². The average Bonchev–Trinajstić information content (AvgIpc) is 2.97. The van der Waals surface area contributed by atoms with Gasteiger partial charge in [0.05, 0.1) is 12.0 Å². The number of nitrogens with zero attached hydrogens (tertiary/aromatic N) is 2. The fourth-order valence-electron chi connectivity index (χ4n) is 3.58. The predicted molar refractivity (Wildman–Crippen MR) is 128 cm³/mol. The van der Waals surface area contributed by atoms with Crippen LogP contribution >= 0.6 is 11.8 Å². The van der Waals surface area contributed by atoms with Gasteiger partial charge in [0.15, 0.2) is 0 Å². The minimum Gasteiger partial charge on any atom is -0.318 e. The summed E-state index contributed by atoms with van der Waals surface area (Å²) in [6.45, 7) is 10.5. The molecular weight excluding hydrogens is 390 g/mol. The van der Waals surface area contributed by atoms with Crippen molar-refractivity contribution in [1.82, 2.24) is 9.99 Å². The molecule has 0 radical (unpaired) electrons. The molecule has 0 unspecified atom stereocenters. The van der Waals surface area contributed by atoms with Crippen molar-refractivity contribution in [2.75, 3.05) is 5.75 Å². The fraction of sp³-hybridized carbons (Fsp3) is 0.280. The molecule has 1 N–H and O–H groups in total. The van der Waals surface area contributed by atoms with E-state index in [1.165, 1.54) is 27.9 Å². The molecule has 0 aliphatic rings. The highest BCUT2D eigenvalue weighted by molar-refractivity contribution is 7.99. The molecule has 30 heavy (non-hydrogen) atoms. The van der Waals surface area contributed by atoms with Crippen molar-refractivity contribution in [2.45, 2.75) is 40.4 Å². The summed E-state index contributed by atoms with van der Waals surface area (Å²) in [5.74, 6) is 1.11. The van der Waals surface area contributed by atoms with Gasteiger partial charge in [-0.1, -0.05) is 42.0 Å². The Hall–Kier alpha value is -2.79. The van der Waals surface area contributed by atoms with Gasteiger partial charge in [0, 0.05) is 28.4 Å². The lowest BCUT2D eigenvalue weighted by Gasteiger charge is -2.13. The van der Waals surface area contributed by atoms with Crippen LogP contribution < -0.4 is 5.43 Å². The topological polar surface area (TPSA) is 46.4 Å². The normalized spacial score (nSPS) is 11.2. The minimum absolute atomic E-state index is 0.0898. The van der Waals surface area contributed by atoms with Crippen molar-refractivity contribution in [2.24, 2.45) is 5.10 Å². The fourth-order valence-corrected chi connectivity index (χ4v) is 4.47. The molecule has 2 aromatic carbocycles. The molecule has 0 saturated carbocycles. The zero-order valence-electron chi connectivity index (χ0n) is 18.3. The number of hydrogen-bond acceptors (Lipinski definition) is 3. The van der Waals surface area contributed by atoms with E-state index in [0.717, 1.165) is 22.7 Å². The summed E-state index contributed by atoms with van der Waals surface area (Å²) in [6, 6.07) is 16.8. The SMILES string of the molecule is Cc1ccc(-n2c(C)cc(/C=N\NC(=O)CSCc3ccccc3C)c2C)c(C)c1. The number of benzene rings is 2. The highest BCUT2D eigenvalue weighted by Gasteiger charge is 2.11. The van der Waals surface area contributed by atoms with E-state index in [4.69, 9.17) is 0 Å². The maximum absolute atomic E-state index is 12.1. The number of amides is 1. The largest absolute Gasteiger partial charge is 0.318 e. The van der Waals surface area contributed by atoms with Crippen LogP contribution in [0.4, 0.5) is 0 Å². The van der Waals surface area contributed by atoms with E-state index < -0.39 is 0 Å². The minimum atomic E-state index is -0.0898. The molecule has 1 aromatic heterocycles. The zero-order valence-corrected chi connectivity index (χ0v) is 19.1. The number of carbonyl (C=O) groups excluding carboxylic acids is 1. The van der Waals surface area contributed by atoms with Crippen LogP contribution in [0.25, 0.3) is 5.69 Å². The number of aryl methyl sites for hydroxylation is 4. The molecule has 0 bridgehead atoms. The van der Waals surface area contributed by atoms with Crippen molar-refractivity contribution >= 4 is 23.9 Å². The third kappa shape index (κ3) is 5.22. The summed E-state index contributed by atoms with van der Waals surface area (Å²) >= 11 is 1.59. The Morgan fingerprint density at radius 3 is 2.53 bits per heavy atom. The lowest BCUT2D eigenvalue weighted by molar-refractivity contribution is -0.118. The van der Waals surface area contributed by atoms with Crippen molar-refractivity contribution in [1.29, 1.82) is 0 Å². The third-order valence-electron chi connectivity index (χ3n) is 5.21. The summed E-state index contributed by atoms with van der Waals surface area (Å²) < 4.78 is 2.23. The van der Waals surface area contributed by atoms with E-state index in [0.29, 0.717) is 5.75 Å². The quantitative estimate of drug-likeness (QED) is 0.411. The van der Waals surface area contributed by atoms with Crippen LogP contribution in [0.1, 0.15) is 39.2 Å². The van der Waals surface area contributed by atoms with Gasteiger partial charge < -0.3 is 4.57 Å². The van der Waals surface area contributed by atoms with Crippen LogP contribution in [0.15, 0.2) is 53.6 Å². The van der Waals surface area contributed by atoms with Crippen LogP contribution in [0.2, 0.25) is 0 Å². The second kappa shape index (κ2) is 9.81. The molecule has 1 heterocycles. The Kier molecular flexibility index (Phi) is 7.16. The lowest BCUT2D eigenvalue weighted by atomic mass is 10.1. The van der Waals surface area contributed by atoms with Gasteiger partial charge in [0.1, 0.15) is 0 Å². The molecule has 156 valence electrons. The standard InChI is InChI=1S/C25H29N3OS/c1-17-10-11-24(19(3)12-17)28-20(4)13-23(21(28)5)14-26-27-25(29)16-30-15-22-9-7-6-8-18(22)2/h6-14H,15-16H2,1-5H3,(H,27,29)/b26-14-. The molecule has 0 spiro atoms. The molecule has 0 fully saturated rings. The number of hydrogen-bond donors (Lipinski definition) is 1. The first-order valence-electron chi connectivity index (χ1n) is 10.1. The number of hydrazone groups is 1. The summed E-state index contributed by atoms with van der Waals surface area (Å²) in [6.07, 6.45) is 1.73. The van der Waals surface area contributed by atoms with E-state index in [1.54, 1.807) is 18.0 Å². The van der Waals surface area contributed by atoms with Gasteiger partial charge in [0.2, 0.25) is 5.91 Å². The molecular formula is C25H29N3OS. The van der Waals surface area contributed by atoms with Gasteiger partial charge in [-0.15, -0.1) is 11.8 Å². The zero-order chi connectivity index (χ0) is 21.7. The van der Waals surface area contributed by atoms with Gasteiger partial charge in [0.25, 0.3) is 0 Å². The second-order valence-corrected chi connectivity index (χ2v) is 8.65. The van der Waals surface area contributed by atoms with Crippen LogP contribution in [-0.2, 0) is 10.5 Å². The Labute approximate surface area is 183 Å². The number of nitrogens with one attached hydrogen (secondary N) is 1. The smallest absolute Gasteiger partial charge is 0.250 e. The highest BCUT2D eigenvalue weighted by Crippen LogP contribution is 2.23. The van der Waals surface area contributed by atoms with Crippen LogP contribution in [0.3, 0.4) is 0 Å². The Bertz CT molecular complexity index is 1080. The maximum atomic E-state index is 12.1. The molecule has 3 aromatic rings. The predicted octanol–water partition coefficient (Wildman–Crippen LogP) is 5.40. The molecule has 1 amide bonds. The van der Waals surface area contributed by atoms with Crippen molar-refractivity contribution in [3.05, 3.63) is 87.7 Å². The van der Waals surface area contributed by atoms with E-state index in [2.05, 4.69) is 86.1 Å². The maximum Gasteiger partial charge on any atom is 0.250 e. The molecule has 4 nitrogen and oxygen atoms in total. The lowest BCUT2D eigenvalue weighted by Crippen LogP contribution is -2.19. The van der Waals surface area contributed by atoms with Crippen LogP contribution in [-0.4, -0.2) is 22.4 Å². The number of thioether (sulfide) groups is 1. The van der Waals surface area contributed by atoms with Gasteiger partial charge in [-0.3, -0.25) is 4.79 Å². The van der Waals surface area contributed by atoms with Crippen molar-refractivity contribution < 1.29 is 4.79 Å². The van der Waals surface area contributed by atoms with Gasteiger partial charge >= 0.3 is 0 Å². The highest BCUT2D eigenvalue weighted by atomic mass is 32.2. The summed E-state index contributed by atoms with van der Waals surface area (Å²) in [5.41, 5.74) is 12.1. The first-order chi connectivity index (χ1) is 14.4. The van der Waals surface area contributed by atoms with Gasteiger partial charge in [-0.2, -0.15) is 5.10 Å². The van der Waals surface area contributed by atoms with E-state index in [1.807, 2.05) is 12.1 Å². The molecule has 5 heteroatoms. The monoisotopic (exact) mass is 419 g/mol. The molecule has 0 aliphatic heterocycles. The van der Waals surface area contributed by atoms with Gasteiger partial charge in [-0.25, -0.2) is 5.43 Å². The van der Waals surface area contributed by atoms with E-state index >= 15 is 0 Å². The molecule has 3 rings (SSSR count). The van der Waals surface area contributed by atoms with Crippen molar-refractivity contribution in [3.8, 4) is 5.69 Å². The molecule has 0 aliphatic carbocycles. The summed E-state index contributed by atoms with van der Waals surface area (Å²) in [7, 11) is 0. The van der Waals surface area contributed by atoms with Crippen molar-refractivity contribution in [3.63, 3.8) is 0 Å².